The fourth-order valence-electron chi connectivity index (χ4n) is 3.24. The van der Waals surface area contributed by atoms with Gasteiger partial charge in [-0.3, -0.25) is 14.7 Å². The lowest BCUT2D eigenvalue weighted by atomic mass is 9.63. The summed E-state index contributed by atoms with van der Waals surface area (Å²) in [7, 11) is 5.97. The molecule has 0 radical (unpaired) electrons. The van der Waals surface area contributed by atoms with Gasteiger partial charge in [0.2, 0.25) is 0 Å². The highest BCUT2D eigenvalue weighted by Crippen LogP contribution is 2.47. The van der Waals surface area contributed by atoms with Gasteiger partial charge in [0.1, 0.15) is 5.54 Å². The van der Waals surface area contributed by atoms with Crippen LogP contribution in [0.15, 0.2) is 30.5 Å². The fraction of sp³-hybridized carbons (Fsp3) is 0.400. The minimum atomic E-state index is -0.608. The number of fused-ring (bicyclic) bond motifs is 1. The predicted molar refractivity (Wildman–Crippen MR) is 85.6 cm³/mol. The number of hydrogen-bond donors (Lipinski definition) is 2. The molecular weight excluding hydrogens is 285 g/mol. The van der Waals surface area contributed by atoms with Crippen LogP contribution in [0.5, 0.6) is 0 Å². The summed E-state index contributed by atoms with van der Waals surface area (Å²) in [6, 6.07) is 8.51. The summed E-state index contributed by atoms with van der Waals surface area (Å²) in [6.07, 6.45) is 3.83. The second-order valence-corrected chi connectivity index (χ2v) is 5.88. The quantitative estimate of drug-likeness (QED) is 0.669. The van der Waals surface area contributed by atoms with E-state index in [1.54, 1.807) is 0 Å². The van der Waals surface area contributed by atoms with E-state index in [4.69, 9.17) is 4.84 Å². The Morgan fingerprint density at radius 2 is 2.29 bits per heavy atom. The molecule has 21 heavy (non-hydrogen) atoms. The lowest BCUT2D eigenvalue weighted by molar-refractivity contribution is -0.142. The Labute approximate surface area is 126 Å². The van der Waals surface area contributed by atoms with Crippen molar-refractivity contribution in [2.24, 2.45) is 7.05 Å². The summed E-state index contributed by atoms with van der Waals surface area (Å²) in [4.78, 5) is 17.1. The highest BCUT2D eigenvalue weighted by atomic mass is 31.0. The Kier molecular flexibility index (Phi) is 3.74. The largest absolute Gasteiger partial charge is 0.351 e. The van der Waals surface area contributed by atoms with Gasteiger partial charge in [-0.1, -0.05) is 15.5 Å². The highest BCUT2D eigenvalue weighted by molar-refractivity contribution is 7.13. The van der Waals surface area contributed by atoms with Crippen LogP contribution in [0.3, 0.4) is 0 Å². The molecule has 2 unspecified atom stereocenters. The van der Waals surface area contributed by atoms with E-state index in [9.17, 15) is 4.79 Å². The summed E-state index contributed by atoms with van der Waals surface area (Å²) in [5.74, 6) is 0.0270. The minimum absolute atomic E-state index is 0.121. The molecule has 1 saturated carbocycles. The maximum absolute atomic E-state index is 12.3. The van der Waals surface area contributed by atoms with Gasteiger partial charge in [-0.05, 0) is 42.0 Å². The van der Waals surface area contributed by atoms with Crippen LogP contribution in [0.1, 0.15) is 24.3 Å². The van der Waals surface area contributed by atoms with Crippen molar-refractivity contribution in [2.45, 2.75) is 24.3 Å². The number of aryl methyl sites for hydroxylation is 1. The van der Waals surface area contributed by atoms with Crippen LogP contribution in [0.25, 0.3) is 10.9 Å². The number of nitrogens with one attached hydrogen (secondary N) is 2. The van der Waals surface area contributed by atoms with Crippen molar-refractivity contribution in [3.8, 4) is 0 Å². The van der Waals surface area contributed by atoms with Crippen molar-refractivity contribution in [1.82, 2.24) is 15.1 Å². The van der Waals surface area contributed by atoms with Crippen LogP contribution in [-0.2, 0) is 16.7 Å². The predicted octanol–water partition coefficient (Wildman–Crippen LogP) is 1.85. The fourth-order valence-corrected chi connectivity index (χ4v) is 3.72. The molecule has 1 amide bonds. The molecule has 112 valence electrons. The molecule has 6 heteroatoms. The molecule has 0 spiro atoms. The summed E-state index contributed by atoms with van der Waals surface area (Å²) >= 11 is 0. The van der Waals surface area contributed by atoms with Crippen LogP contribution in [0.4, 0.5) is 0 Å². The maximum Gasteiger partial charge on any atom is 0.264 e. The highest BCUT2D eigenvalue weighted by Gasteiger charge is 2.52. The van der Waals surface area contributed by atoms with Crippen molar-refractivity contribution in [1.29, 1.82) is 0 Å². The summed E-state index contributed by atoms with van der Waals surface area (Å²) in [5, 5.41) is 4.32. The maximum atomic E-state index is 12.3. The van der Waals surface area contributed by atoms with Gasteiger partial charge in [0.15, 0.2) is 0 Å². The third-order valence-electron chi connectivity index (χ3n) is 4.59. The number of nitrogens with zero attached hydrogens (tertiary/aromatic N) is 1. The molecule has 1 aliphatic rings. The zero-order valence-electron chi connectivity index (χ0n) is 12.2. The van der Waals surface area contributed by atoms with Crippen LogP contribution < -0.4 is 10.6 Å². The lowest BCUT2D eigenvalue weighted by Crippen LogP contribution is -2.62. The van der Waals surface area contributed by atoms with Gasteiger partial charge in [0, 0.05) is 24.7 Å². The average molecular weight is 305 g/mol. The second-order valence-electron chi connectivity index (χ2n) is 5.59. The Morgan fingerprint density at radius 3 is 2.90 bits per heavy atom. The molecule has 1 aliphatic carbocycles. The zero-order valence-corrected chi connectivity index (χ0v) is 13.4. The van der Waals surface area contributed by atoms with Crippen molar-refractivity contribution in [2.75, 3.05) is 7.11 Å². The van der Waals surface area contributed by atoms with Crippen LogP contribution in [-0.4, -0.2) is 23.1 Å². The number of rotatable bonds is 4. The normalized spacial score (nSPS) is 24.8. The van der Waals surface area contributed by atoms with E-state index in [2.05, 4.69) is 48.8 Å². The van der Waals surface area contributed by atoms with Crippen molar-refractivity contribution >= 4 is 26.2 Å². The van der Waals surface area contributed by atoms with E-state index in [1.165, 1.54) is 23.6 Å². The zero-order chi connectivity index (χ0) is 15.0. The topological polar surface area (TPSA) is 55.3 Å². The third-order valence-corrected chi connectivity index (χ3v) is 5.11. The first-order valence-electron chi connectivity index (χ1n) is 6.98. The van der Waals surface area contributed by atoms with E-state index < -0.39 is 5.54 Å². The molecular formula is C15H20N3O2P. The molecule has 0 saturated heterocycles. The molecule has 2 N–H and O–H groups in total. The smallest absolute Gasteiger partial charge is 0.264 e. The Bertz CT molecular complexity index is 681. The van der Waals surface area contributed by atoms with E-state index in [0.717, 1.165) is 12.8 Å². The molecule has 5 nitrogen and oxygen atoms in total. The molecule has 0 aliphatic heterocycles. The number of carbonyl (C=O) groups is 1. The van der Waals surface area contributed by atoms with Gasteiger partial charge in [-0.2, -0.15) is 0 Å². The average Bonchev–Trinajstić information content (AvgIpc) is 2.80. The van der Waals surface area contributed by atoms with Gasteiger partial charge in [0.05, 0.1) is 7.11 Å². The molecule has 1 aromatic heterocycles. The number of amides is 1. The number of carbonyl (C=O) groups excluding carboxylic acids is 1. The van der Waals surface area contributed by atoms with E-state index in [1.807, 2.05) is 13.2 Å². The first-order valence-corrected chi connectivity index (χ1v) is 7.56. The van der Waals surface area contributed by atoms with Gasteiger partial charge >= 0.3 is 0 Å². The van der Waals surface area contributed by atoms with E-state index in [0.29, 0.717) is 0 Å². The molecule has 1 aromatic carbocycles. The number of hydroxylamine groups is 1. The van der Waals surface area contributed by atoms with Crippen LogP contribution in [0, 0.1) is 0 Å². The van der Waals surface area contributed by atoms with E-state index in [-0.39, 0.29) is 11.8 Å². The van der Waals surface area contributed by atoms with Crippen LogP contribution >= 0.6 is 9.39 Å². The summed E-state index contributed by atoms with van der Waals surface area (Å²) < 4.78 is 2.10. The Hall–Kier alpha value is -1.42. The van der Waals surface area contributed by atoms with Gasteiger partial charge in [-0.25, -0.2) is 5.48 Å². The molecule has 3 atom stereocenters. The second kappa shape index (κ2) is 5.41. The van der Waals surface area contributed by atoms with Crippen LogP contribution in [0.2, 0.25) is 0 Å². The Balaban J connectivity index is 1.95. The lowest BCUT2D eigenvalue weighted by Gasteiger charge is -2.47. The monoisotopic (exact) mass is 305 g/mol. The van der Waals surface area contributed by atoms with Gasteiger partial charge in [0.25, 0.3) is 5.91 Å². The van der Waals surface area contributed by atoms with Crippen molar-refractivity contribution < 1.29 is 9.63 Å². The summed E-state index contributed by atoms with van der Waals surface area (Å²) in [5.41, 5.74) is 4.23. The summed E-state index contributed by atoms with van der Waals surface area (Å²) in [6.45, 7) is 0. The molecule has 1 heterocycles. The molecule has 2 aromatic rings. The van der Waals surface area contributed by atoms with Crippen molar-refractivity contribution in [3.05, 3.63) is 36.0 Å². The van der Waals surface area contributed by atoms with Gasteiger partial charge < -0.3 is 4.57 Å². The number of hydrogen-bond acceptors (Lipinski definition) is 3. The molecule has 3 rings (SSSR count). The first-order chi connectivity index (χ1) is 10.1. The molecule has 0 bridgehead atoms. The van der Waals surface area contributed by atoms with Crippen molar-refractivity contribution in [3.63, 3.8) is 0 Å². The first kappa shape index (κ1) is 14.5. The van der Waals surface area contributed by atoms with Gasteiger partial charge in [-0.15, -0.1) is 0 Å². The standard InChI is InChI=1S/C15H20N3O2P/c1-18-8-6-11-9-10(3-4-13(11)18)12-5-7-15(12,17-21)14(19)16-20-2/h3-4,6,8-9,12,17H,5,7,21H2,1-2H3,(H,16,19)/t12?,15-/m0/s1. The third kappa shape index (κ3) is 2.16. The van der Waals surface area contributed by atoms with E-state index >= 15 is 0 Å². The number of aromatic nitrogens is 1. The Morgan fingerprint density at radius 1 is 1.48 bits per heavy atom. The SMILES string of the molecule is CONC(=O)[C@]1(NP)CCC1c1ccc2c(ccn2C)c1. The molecule has 1 fully saturated rings. The minimum Gasteiger partial charge on any atom is -0.351 e. The number of benzene rings is 1.